The predicted molar refractivity (Wildman–Crippen MR) is 93.5 cm³/mol. The number of hydrogen-bond donors (Lipinski definition) is 2. The molecule has 2 aliphatic heterocycles. The van der Waals surface area contributed by atoms with Crippen LogP contribution >= 0.6 is 0 Å². The lowest BCUT2D eigenvalue weighted by molar-refractivity contribution is -0.153. The standard InChI is InChI=1S/C19H24N2O5/c1-19(2,25)12-7-8-21(10-12)16(22)11-26-18(24)15-9-20-17(23)14-6-4-3-5-13(14)15/h3-6,12,15,25H,7-11H2,1-2H3,(H,20,23). The normalized spacial score (nSPS) is 22.6. The van der Waals surface area contributed by atoms with Crippen LogP contribution in [0.4, 0.5) is 0 Å². The lowest BCUT2D eigenvalue weighted by Gasteiger charge is -2.26. The number of hydrogen-bond acceptors (Lipinski definition) is 5. The predicted octanol–water partition coefficient (Wildman–Crippen LogP) is 0.676. The fourth-order valence-corrected chi connectivity index (χ4v) is 3.51. The fourth-order valence-electron chi connectivity index (χ4n) is 3.51. The molecule has 2 unspecified atom stereocenters. The molecule has 2 heterocycles. The van der Waals surface area contributed by atoms with Crippen LogP contribution in [-0.4, -0.2) is 59.6 Å². The molecule has 1 fully saturated rings. The summed E-state index contributed by atoms with van der Waals surface area (Å²) >= 11 is 0. The quantitative estimate of drug-likeness (QED) is 0.770. The largest absolute Gasteiger partial charge is 0.455 e. The summed E-state index contributed by atoms with van der Waals surface area (Å²) < 4.78 is 5.22. The SMILES string of the molecule is CC(C)(O)C1CCN(C(=O)COC(=O)C2CNC(=O)c3ccccc32)C1. The molecule has 26 heavy (non-hydrogen) atoms. The zero-order valence-electron chi connectivity index (χ0n) is 15.0. The first-order valence-electron chi connectivity index (χ1n) is 8.81. The molecule has 0 spiro atoms. The minimum absolute atomic E-state index is 0.0163. The smallest absolute Gasteiger partial charge is 0.315 e. The van der Waals surface area contributed by atoms with Gasteiger partial charge in [-0.15, -0.1) is 0 Å². The molecule has 2 atom stereocenters. The fraction of sp³-hybridized carbons (Fsp3) is 0.526. The minimum atomic E-state index is -0.838. The summed E-state index contributed by atoms with van der Waals surface area (Å²) in [5.41, 5.74) is 0.243. The van der Waals surface area contributed by atoms with Crippen LogP contribution in [-0.2, 0) is 14.3 Å². The van der Waals surface area contributed by atoms with E-state index < -0.39 is 17.5 Å². The molecule has 0 aromatic heterocycles. The Morgan fingerprint density at radius 2 is 2.08 bits per heavy atom. The number of esters is 1. The molecule has 0 bridgehead atoms. The molecule has 140 valence electrons. The molecule has 2 N–H and O–H groups in total. The Labute approximate surface area is 152 Å². The molecule has 7 nitrogen and oxygen atoms in total. The number of fused-ring (bicyclic) bond motifs is 1. The first-order valence-corrected chi connectivity index (χ1v) is 8.81. The average Bonchev–Trinajstić information content (AvgIpc) is 3.10. The van der Waals surface area contributed by atoms with Crippen LogP contribution in [0.15, 0.2) is 24.3 Å². The third-order valence-corrected chi connectivity index (χ3v) is 5.21. The van der Waals surface area contributed by atoms with Gasteiger partial charge in [0.25, 0.3) is 11.8 Å². The number of ether oxygens (including phenoxy) is 1. The van der Waals surface area contributed by atoms with Gasteiger partial charge in [-0.05, 0) is 31.9 Å². The molecule has 3 rings (SSSR count). The second-order valence-corrected chi connectivity index (χ2v) is 7.44. The number of rotatable bonds is 4. The number of nitrogens with one attached hydrogen (secondary N) is 1. The Hall–Kier alpha value is -2.41. The highest BCUT2D eigenvalue weighted by Crippen LogP contribution is 2.27. The van der Waals surface area contributed by atoms with Crippen molar-refractivity contribution < 1.29 is 24.2 Å². The van der Waals surface area contributed by atoms with Gasteiger partial charge in [-0.1, -0.05) is 18.2 Å². The molecule has 1 aromatic rings. The van der Waals surface area contributed by atoms with Crippen molar-refractivity contribution in [3.63, 3.8) is 0 Å². The lowest BCUT2D eigenvalue weighted by Crippen LogP contribution is -2.40. The second-order valence-electron chi connectivity index (χ2n) is 7.44. The van der Waals surface area contributed by atoms with Gasteiger partial charge in [0, 0.05) is 31.1 Å². The minimum Gasteiger partial charge on any atom is -0.455 e. The highest BCUT2D eigenvalue weighted by Gasteiger charge is 2.36. The van der Waals surface area contributed by atoms with E-state index in [2.05, 4.69) is 5.32 Å². The Morgan fingerprint density at radius 1 is 1.35 bits per heavy atom. The van der Waals surface area contributed by atoms with E-state index in [1.165, 1.54) is 0 Å². The summed E-state index contributed by atoms with van der Waals surface area (Å²) in [6.45, 7) is 4.31. The second kappa shape index (κ2) is 7.07. The van der Waals surface area contributed by atoms with E-state index >= 15 is 0 Å². The van der Waals surface area contributed by atoms with E-state index in [-0.39, 0.29) is 30.9 Å². The van der Waals surface area contributed by atoms with E-state index in [4.69, 9.17) is 4.74 Å². The molecule has 1 aromatic carbocycles. The molecule has 0 saturated carbocycles. The molecule has 7 heteroatoms. The van der Waals surface area contributed by atoms with Gasteiger partial charge in [0.2, 0.25) is 0 Å². The van der Waals surface area contributed by atoms with Gasteiger partial charge < -0.3 is 20.1 Å². The first-order chi connectivity index (χ1) is 12.3. The van der Waals surface area contributed by atoms with Gasteiger partial charge in [-0.25, -0.2) is 0 Å². The van der Waals surface area contributed by atoms with Gasteiger partial charge in [0.05, 0.1) is 11.5 Å². The Kier molecular flexibility index (Phi) is 5.00. The van der Waals surface area contributed by atoms with Crippen LogP contribution < -0.4 is 5.32 Å². The number of aliphatic hydroxyl groups is 1. The van der Waals surface area contributed by atoms with Crippen molar-refractivity contribution in [3.05, 3.63) is 35.4 Å². The zero-order chi connectivity index (χ0) is 18.9. The summed E-state index contributed by atoms with van der Waals surface area (Å²) in [6, 6.07) is 6.90. The number of nitrogens with zero attached hydrogens (tertiary/aromatic N) is 1. The van der Waals surface area contributed by atoms with Crippen LogP contribution in [0.1, 0.15) is 42.1 Å². The van der Waals surface area contributed by atoms with Gasteiger partial charge in [0.1, 0.15) is 0 Å². The molecule has 2 aliphatic rings. The van der Waals surface area contributed by atoms with Crippen molar-refractivity contribution in [1.82, 2.24) is 10.2 Å². The van der Waals surface area contributed by atoms with Gasteiger partial charge in [-0.3, -0.25) is 14.4 Å². The average molecular weight is 360 g/mol. The number of benzene rings is 1. The maximum absolute atomic E-state index is 12.4. The van der Waals surface area contributed by atoms with E-state index in [1.807, 2.05) is 0 Å². The Morgan fingerprint density at radius 3 is 2.77 bits per heavy atom. The number of carbonyl (C=O) groups is 3. The van der Waals surface area contributed by atoms with Gasteiger partial charge in [0.15, 0.2) is 6.61 Å². The highest BCUT2D eigenvalue weighted by molar-refractivity contribution is 6.00. The first kappa shape index (κ1) is 18.4. The summed E-state index contributed by atoms with van der Waals surface area (Å²) in [5.74, 6) is -1.60. The van der Waals surface area contributed by atoms with Crippen molar-refractivity contribution in [2.45, 2.75) is 31.8 Å². The molecular weight excluding hydrogens is 336 g/mol. The molecule has 1 saturated heterocycles. The van der Waals surface area contributed by atoms with Crippen LogP contribution in [0.3, 0.4) is 0 Å². The van der Waals surface area contributed by atoms with Crippen LogP contribution in [0.2, 0.25) is 0 Å². The van der Waals surface area contributed by atoms with E-state index in [0.717, 1.165) is 6.42 Å². The van der Waals surface area contributed by atoms with Crippen LogP contribution in [0, 0.1) is 5.92 Å². The van der Waals surface area contributed by atoms with Crippen molar-refractivity contribution in [2.24, 2.45) is 5.92 Å². The van der Waals surface area contributed by atoms with E-state index in [0.29, 0.717) is 24.2 Å². The Bertz CT molecular complexity index is 725. The van der Waals surface area contributed by atoms with Crippen LogP contribution in [0.5, 0.6) is 0 Å². The van der Waals surface area contributed by atoms with Crippen molar-refractivity contribution in [3.8, 4) is 0 Å². The maximum Gasteiger partial charge on any atom is 0.315 e. The topological polar surface area (TPSA) is 95.9 Å². The lowest BCUT2D eigenvalue weighted by atomic mass is 9.90. The number of carbonyl (C=O) groups excluding carboxylic acids is 3. The van der Waals surface area contributed by atoms with E-state index in [9.17, 15) is 19.5 Å². The maximum atomic E-state index is 12.4. The third kappa shape index (κ3) is 3.72. The third-order valence-electron chi connectivity index (χ3n) is 5.21. The summed E-state index contributed by atoms with van der Waals surface area (Å²) in [7, 11) is 0. The monoisotopic (exact) mass is 360 g/mol. The number of amides is 2. The highest BCUT2D eigenvalue weighted by atomic mass is 16.5. The molecular formula is C19H24N2O5. The van der Waals surface area contributed by atoms with Crippen molar-refractivity contribution in [2.75, 3.05) is 26.2 Å². The van der Waals surface area contributed by atoms with Crippen molar-refractivity contribution in [1.29, 1.82) is 0 Å². The summed E-state index contributed by atoms with van der Waals surface area (Å²) in [4.78, 5) is 38.2. The van der Waals surface area contributed by atoms with E-state index in [1.54, 1.807) is 43.0 Å². The Balaban J connectivity index is 1.57. The van der Waals surface area contributed by atoms with Crippen molar-refractivity contribution >= 4 is 17.8 Å². The zero-order valence-corrected chi connectivity index (χ0v) is 15.0. The van der Waals surface area contributed by atoms with Gasteiger partial charge >= 0.3 is 5.97 Å². The summed E-state index contributed by atoms with van der Waals surface area (Å²) in [5, 5.41) is 12.7. The summed E-state index contributed by atoms with van der Waals surface area (Å²) in [6.07, 6.45) is 0.727. The van der Waals surface area contributed by atoms with Gasteiger partial charge in [-0.2, -0.15) is 0 Å². The number of likely N-dealkylation sites (tertiary alicyclic amines) is 1. The molecule has 2 amide bonds. The van der Waals surface area contributed by atoms with Crippen LogP contribution in [0.25, 0.3) is 0 Å². The molecule has 0 aliphatic carbocycles. The molecule has 0 radical (unpaired) electrons.